The lowest BCUT2D eigenvalue weighted by Gasteiger charge is -2.26. The van der Waals surface area contributed by atoms with Crippen LogP contribution >= 0.6 is 0 Å². The van der Waals surface area contributed by atoms with Crippen molar-refractivity contribution >= 4 is 60.8 Å². The van der Waals surface area contributed by atoms with E-state index in [9.17, 15) is 0 Å². The molecule has 0 aliphatic heterocycles. The van der Waals surface area contributed by atoms with Gasteiger partial charge in [-0.15, -0.1) is 0 Å². The molecule has 0 bridgehead atoms. The summed E-state index contributed by atoms with van der Waals surface area (Å²) in [5.41, 5.74) is 17.9. The second-order valence-electron chi connectivity index (χ2n) is 16.1. The van der Waals surface area contributed by atoms with Gasteiger partial charge in [-0.1, -0.05) is 158 Å². The van der Waals surface area contributed by atoms with Crippen molar-refractivity contribution < 1.29 is 4.42 Å². The van der Waals surface area contributed by atoms with E-state index in [1.807, 2.05) is 12.1 Å². The molecule has 12 rings (SSSR count). The van der Waals surface area contributed by atoms with Gasteiger partial charge in [-0.05, 0) is 129 Å². The number of hydrogen-bond donors (Lipinski definition) is 0. The predicted octanol–water partition coefficient (Wildman–Crippen LogP) is 16.8. The minimum absolute atomic E-state index is 0.896. The first-order valence-electron chi connectivity index (χ1n) is 21.5. The van der Waals surface area contributed by atoms with Crippen LogP contribution in [-0.2, 0) is 0 Å². The van der Waals surface area contributed by atoms with E-state index in [1.165, 1.54) is 49.7 Å². The molecule has 12 aromatic rings. The Hall–Kier alpha value is -8.40. The molecule has 3 heteroatoms. The van der Waals surface area contributed by atoms with Crippen LogP contribution in [0.2, 0.25) is 0 Å². The van der Waals surface area contributed by atoms with Gasteiger partial charge in [0, 0.05) is 38.6 Å². The van der Waals surface area contributed by atoms with Gasteiger partial charge in [-0.25, -0.2) is 0 Å². The van der Waals surface area contributed by atoms with Crippen molar-refractivity contribution in [1.29, 1.82) is 0 Å². The number of anilines is 3. The average Bonchev–Trinajstić information content (AvgIpc) is 3.91. The van der Waals surface area contributed by atoms with Crippen molar-refractivity contribution in [3.63, 3.8) is 0 Å². The second kappa shape index (κ2) is 15.3. The molecule has 0 saturated heterocycles. The molecule has 0 amide bonds. The Kier molecular flexibility index (Phi) is 8.83. The highest BCUT2D eigenvalue weighted by Gasteiger charge is 2.19. The van der Waals surface area contributed by atoms with Crippen LogP contribution in [0.1, 0.15) is 0 Å². The van der Waals surface area contributed by atoms with Crippen LogP contribution in [0.3, 0.4) is 0 Å². The summed E-state index contributed by atoms with van der Waals surface area (Å²) in [4.78, 5) is 2.33. The largest absolute Gasteiger partial charge is 0.454 e. The highest BCUT2D eigenvalue weighted by molar-refractivity contribution is 6.13. The van der Waals surface area contributed by atoms with Crippen molar-refractivity contribution in [2.75, 3.05) is 4.90 Å². The van der Waals surface area contributed by atoms with E-state index < -0.39 is 0 Å². The van der Waals surface area contributed by atoms with Gasteiger partial charge in [0.15, 0.2) is 5.58 Å². The third kappa shape index (κ3) is 6.46. The molecule has 0 spiro atoms. The van der Waals surface area contributed by atoms with Crippen molar-refractivity contribution in [3.8, 4) is 50.2 Å². The number of fused-ring (bicyclic) bond motifs is 6. The third-order valence-electron chi connectivity index (χ3n) is 12.4. The van der Waals surface area contributed by atoms with Crippen LogP contribution in [0.5, 0.6) is 0 Å². The zero-order chi connectivity index (χ0) is 41.7. The molecule has 2 aromatic heterocycles. The SMILES string of the molecule is c1ccc(-c2cc(-c3ccccc3)cc(-c3ccc(N(c4ccccc4)c4ccc(-c5ccc6c(c5)c5ccccc5n6-c5cccc6c5oc5ccccc56)cc4)cc3)c2)cc1. The zero-order valence-electron chi connectivity index (χ0n) is 34.4. The minimum atomic E-state index is 0.896. The van der Waals surface area contributed by atoms with E-state index in [0.29, 0.717) is 0 Å². The Morgan fingerprint density at radius 1 is 0.286 bits per heavy atom. The molecule has 0 fully saturated rings. The first-order valence-corrected chi connectivity index (χ1v) is 21.5. The Balaban J connectivity index is 0.906. The van der Waals surface area contributed by atoms with Gasteiger partial charge in [0.25, 0.3) is 0 Å². The van der Waals surface area contributed by atoms with Crippen molar-refractivity contribution in [1.82, 2.24) is 4.57 Å². The Morgan fingerprint density at radius 2 is 0.746 bits per heavy atom. The van der Waals surface area contributed by atoms with E-state index in [0.717, 1.165) is 61.3 Å². The fourth-order valence-electron chi connectivity index (χ4n) is 9.34. The normalized spacial score (nSPS) is 11.5. The van der Waals surface area contributed by atoms with Gasteiger partial charge in [0.1, 0.15) is 5.58 Å². The summed E-state index contributed by atoms with van der Waals surface area (Å²) in [5.74, 6) is 0. The monoisotopic (exact) mass is 804 g/mol. The van der Waals surface area contributed by atoms with Crippen molar-refractivity contribution in [2.24, 2.45) is 0 Å². The maximum atomic E-state index is 6.53. The molecule has 0 unspecified atom stereocenters. The molecule has 63 heavy (non-hydrogen) atoms. The Morgan fingerprint density at radius 3 is 1.38 bits per heavy atom. The molecule has 0 atom stereocenters. The van der Waals surface area contributed by atoms with Crippen LogP contribution in [0.4, 0.5) is 17.1 Å². The molecule has 0 saturated carbocycles. The molecular weight excluding hydrogens is 765 g/mol. The number of para-hydroxylation sites is 4. The number of hydrogen-bond acceptors (Lipinski definition) is 2. The maximum Gasteiger partial charge on any atom is 0.159 e. The highest BCUT2D eigenvalue weighted by Crippen LogP contribution is 2.41. The molecule has 2 heterocycles. The van der Waals surface area contributed by atoms with Gasteiger partial charge in [0.2, 0.25) is 0 Å². The summed E-state index contributed by atoms with van der Waals surface area (Å²) >= 11 is 0. The molecule has 3 nitrogen and oxygen atoms in total. The van der Waals surface area contributed by atoms with E-state index in [4.69, 9.17) is 4.42 Å². The fraction of sp³-hybridized carbons (Fsp3) is 0. The second-order valence-corrected chi connectivity index (χ2v) is 16.1. The molecule has 0 aliphatic carbocycles. The molecule has 0 N–H and O–H groups in total. The van der Waals surface area contributed by atoms with E-state index in [1.54, 1.807) is 0 Å². The van der Waals surface area contributed by atoms with Crippen molar-refractivity contribution in [3.05, 3.63) is 243 Å². The maximum absolute atomic E-state index is 6.53. The predicted molar refractivity (Wildman–Crippen MR) is 264 cm³/mol. The molecule has 0 radical (unpaired) electrons. The quantitative estimate of drug-likeness (QED) is 0.153. The standard InChI is InChI=1S/C60H40N2O/c1-4-15-41(16-5-1)46-37-47(42-17-6-2-7-18-42)39-48(38-46)44-29-34-51(35-30-44)61(49-19-8-3-9-20-49)50-32-27-43(28-33-50)45-31-36-57-55(40-45)52-21-10-12-24-56(52)62(57)58-25-14-23-54-53-22-11-13-26-59(53)63-60(54)58/h1-40H. The van der Waals surface area contributed by atoms with Gasteiger partial charge >= 0.3 is 0 Å². The number of furan rings is 1. The van der Waals surface area contributed by atoms with Crippen LogP contribution in [0.25, 0.3) is 93.9 Å². The molecule has 0 aliphatic rings. The summed E-state index contributed by atoms with van der Waals surface area (Å²) in [5, 5.41) is 4.67. The summed E-state index contributed by atoms with van der Waals surface area (Å²) < 4.78 is 8.89. The lowest BCUT2D eigenvalue weighted by atomic mass is 9.93. The molecule has 296 valence electrons. The summed E-state index contributed by atoms with van der Waals surface area (Å²) in [6.45, 7) is 0. The average molecular weight is 805 g/mol. The summed E-state index contributed by atoms with van der Waals surface area (Å²) in [6, 6.07) is 87.0. The highest BCUT2D eigenvalue weighted by atomic mass is 16.3. The smallest absolute Gasteiger partial charge is 0.159 e. The van der Waals surface area contributed by atoms with Crippen molar-refractivity contribution in [2.45, 2.75) is 0 Å². The molecule has 10 aromatic carbocycles. The number of aromatic nitrogens is 1. The topological polar surface area (TPSA) is 21.3 Å². The number of rotatable bonds is 8. The van der Waals surface area contributed by atoms with Crippen LogP contribution in [-0.4, -0.2) is 4.57 Å². The Labute approximate surface area is 366 Å². The lowest BCUT2D eigenvalue weighted by Crippen LogP contribution is -2.09. The summed E-state index contributed by atoms with van der Waals surface area (Å²) in [7, 11) is 0. The summed E-state index contributed by atoms with van der Waals surface area (Å²) in [6.07, 6.45) is 0. The van der Waals surface area contributed by atoms with E-state index in [-0.39, 0.29) is 0 Å². The molecular formula is C60H40N2O. The first kappa shape index (κ1) is 36.5. The van der Waals surface area contributed by atoms with E-state index in [2.05, 4.69) is 240 Å². The van der Waals surface area contributed by atoms with Gasteiger partial charge in [-0.2, -0.15) is 0 Å². The number of benzene rings is 10. The van der Waals surface area contributed by atoms with Crippen LogP contribution in [0, 0.1) is 0 Å². The first-order chi connectivity index (χ1) is 31.2. The van der Waals surface area contributed by atoms with Gasteiger partial charge in [-0.3, -0.25) is 0 Å². The third-order valence-corrected chi connectivity index (χ3v) is 12.4. The minimum Gasteiger partial charge on any atom is -0.454 e. The van der Waals surface area contributed by atoms with Gasteiger partial charge in [0.05, 0.1) is 16.7 Å². The van der Waals surface area contributed by atoms with Crippen LogP contribution < -0.4 is 4.90 Å². The zero-order valence-corrected chi connectivity index (χ0v) is 34.4. The lowest BCUT2D eigenvalue weighted by molar-refractivity contribution is 0.666. The van der Waals surface area contributed by atoms with E-state index >= 15 is 0 Å². The van der Waals surface area contributed by atoms with Gasteiger partial charge < -0.3 is 13.9 Å². The Bertz CT molecular complexity index is 3530. The fourth-order valence-corrected chi connectivity index (χ4v) is 9.34. The van der Waals surface area contributed by atoms with Crippen LogP contribution in [0.15, 0.2) is 247 Å². The number of nitrogens with zero attached hydrogens (tertiary/aromatic N) is 2.